The Balaban J connectivity index is 2.08. The molecule has 0 spiro atoms. The van der Waals surface area contributed by atoms with Gasteiger partial charge in [-0.15, -0.1) is 0 Å². The smallest absolute Gasteiger partial charge is 0.265 e. The lowest BCUT2D eigenvalue weighted by Crippen LogP contribution is -2.32. The van der Waals surface area contributed by atoms with E-state index in [1.165, 1.54) is 0 Å². The first-order valence-corrected chi connectivity index (χ1v) is 9.62. The molecule has 1 N–H and O–H groups in total. The summed E-state index contributed by atoms with van der Waals surface area (Å²) >= 11 is 0. The molecule has 1 heterocycles. The number of nitrogens with one attached hydrogen (secondary N) is 1. The third-order valence-electron chi connectivity index (χ3n) is 4.00. The van der Waals surface area contributed by atoms with Crippen molar-refractivity contribution in [2.24, 2.45) is 0 Å². The average Bonchev–Trinajstić information content (AvgIpc) is 3.37. The SMILES string of the molecule is CCCS(=O)(=O)NC(=O)c1cc(C2CC2)nc2ccc(OC)cc12. The Morgan fingerprint density at radius 2 is 2.08 bits per heavy atom. The predicted octanol–water partition coefficient (Wildman–Crippen LogP) is 2.59. The maximum Gasteiger partial charge on any atom is 0.265 e. The van der Waals surface area contributed by atoms with Crippen LogP contribution in [0.2, 0.25) is 0 Å². The first-order chi connectivity index (χ1) is 11.4. The molecule has 0 unspecified atom stereocenters. The van der Waals surface area contributed by atoms with E-state index in [0.29, 0.717) is 34.6 Å². The van der Waals surface area contributed by atoms with E-state index in [-0.39, 0.29) is 5.75 Å². The number of benzene rings is 1. The van der Waals surface area contributed by atoms with Gasteiger partial charge in [0.25, 0.3) is 5.91 Å². The summed E-state index contributed by atoms with van der Waals surface area (Å²) in [6.45, 7) is 1.75. The van der Waals surface area contributed by atoms with Crippen LogP contribution in [0, 0.1) is 0 Å². The second kappa shape index (κ2) is 6.39. The molecule has 6 nitrogen and oxygen atoms in total. The number of hydrogen-bond acceptors (Lipinski definition) is 5. The van der Waals surface area contributed by atoms with E-state index in [2.05, 4.69) is 9.71 Å². The average molecular weight is 348 g/mol. The van der Waals surface area contributed by atoms with Gasteiger partial charge in [-0.05, 0) is 43.5 Å². The van der Waals surface area contributed by atoms with Gasteiger partial charge in [-0.25, -0.2) is 13.1 Å². The Morgan fingerprint density at radius 1 is 1.33 bits per heavy atom. The highest BCUT2D eigenvalue weighted by molar-refractivity contribution is 7.90. The fourth-order valence-electron chi connectivity index (χ4n) is 2.64. The summed E-state index contributed by atoms with van der Waals surface area (Å²) in [6, 6.07) is 6.98. The van der Waals surface area contributed by atoms with Gasteiger partial charge < -0.3 is 4.74 Å². The monoisotopic (exact) mass is 348 g/mol. The molecular weight excluding hydrogens is 328 g/mol. The minimum Gasteiger partial charge on any atom is -0.497 e. The molecule has 7 heteroatoms. The second-order valence-electron chi connectivity index (χ2n) is 6.00. The number of aromatic nitrogens is 1. The first-order valence-electron chi connectivity index (χ1n) is 7.97. The Kier molecular flexibility index (Phi) is 4.45. The summed E-state index contributed by atoms with van der Waals surface area (Å²) in [5.41, 5.74) is 1.82. The highest BCUT2D eigenvalue weighted by Crippen LogP contribution is 2.40. The number of nitrogens with zero attached hydrogens (tertiary/aromatic N) is 1. The summed E-state index contributed by atoms with van der Waals surface area (Å²) in [5.74, 6) is 0.246. The number of amides is 1. The zero-order valence-corrected chi connectivity index (χ0v) is 14.5. The van der Waals surface area contributed by atoms with Crippen molar-refractivity contribution in [1.29, 1.82) is 0 Å². The summed E-state index contributed by atoms with van der Waals surface area (Å²) in [5, 5.41) is 0.586. The number of carbonyl (C=O) groups excluding carboxylic acids is 1. The molecule has 0 bridgehead atoms. The maximum atomic E-state index is 12.6. The number of pyridine rings is 1. The maximum absolute atomic E-state index is 12.6. The first kappa shape index (κ1) is 16.7. The van der Waals surface area contributed by atoms with Crippen LogP contribution in [-0.4, -0.2) is 32.2 Å². The summed E-state index contributed by atoms with van der Waals surface area (Å²) < 4.78 is 31.2. The molecule has 1 aromatic heterocycles. The van der Waals surface area contributed by atoms with E-state index in [4.69, 9.17) is 4.74 Å². The molecule has 2 aromatic rings. The van der Waals surface area contributed by atoms with Gasteiger partial charge in [-0.3, -0.25) is 9.78 Å². The number of sulfonamides is 1. The van der Waals surface area contributed by atoms with Crippen LogP contribution in [0.1, 0.15) is 48.2 Å². The van der Waals surface area contributed by atoms with Crippen molar-refractivity contribution in [3.8, 4) is 5.75 Å². The molecule has 0 radical (unpaired) electrons. The molecule has 3 rings (SSSR count). The van der Waals surface area contributed by atoms with Gasteiger partial charge in [-0.1, -0.05) is 6.92 Å². The second-order valence-corrected chi connectivity index (χ2v) is 7.84. The third-order valence-corrected chi connectivity index (χ3v) is 5.44. The number of hydrogen-bond donors (Lipinski definition) is 1. The molecular formula is C17H20N2O4S. The molecule has 1 amide bonds. The van der Waals surface area contributed by atoms with Crippen LogP contribution in [0.5, 0.6) is 5.75 Å². The normalized spacial score (nSPS) is 14.6. The molecule has 1 aromatic carbocycles. The van der Waals surface area contributed by atoms with Crippen molar-refractivity contribution in [3.63, 3.8) is 0 Å². The van der Waals surface area contributed by atoms with Crippen molar-refractivity contribution in [1.82, 2.24) is 9.71 Å². The van der Waals surface area contributed by atoms with Crippen LogP contribution >= 0.6 is 0 Å². The fraction of sp³-hybridized carbons (Fsp3) is 0.412. The lowest BCUT2D eigenvalue weighted by Gasteiger charge is -2.11. The molecule has 1 saturated carbocycles. The van der Waals surface area contributed by atoms with Crippen molar-refractivity contribution in [2.45, 2.75) is 32.1 Å². The topological polar surface area (TPSA) is 85.4 Å². The van der Waals surface area contributed by atoms with Gasteiger partial charge in [0.1, 0.15) is 5.75 Å². The standard InChI is InChI=1S/C17H20N2O4S/c1-3-8-24(21,22)19-17(20)14-10-16(11-4-5-11)18-15-7-6-12(23-2)9-13(14)15/h6-7,9-11H,3-5,8H2,1-2H3,(H,19,20). The van der Waals surface area contributed by atoms with Gasteiger partial charge in [-0.2, -0.15) is 0 Å². The summed E-state index contributed by atoms with van der Waals surface area (Å²) in [6.07, 6.45) is 2.54. The largest absolute Gasteiger partial charge is 0.497 e. The molecule has 0 atom stereocenters. The van der Waals surface area contributed by atoms with E-state index >= 15 is 0 Å². The fourth-order valence-corrected chi connectivity index (χ4v) is 3.68. The molecule has 0 saturated heterocycles. The lowest BCUT2D eigenvalue weighted by molar-refractivity contribution is 0.0983. The van der Waals surface area contributed by atoms with Crippen LogP contribution < -0.4 is 9.46 Å². The van der Waals surface area contributed by atoms with Crippen molar-refractivity contribution in [2.75, 3.05) is 12.9 Å². The van der Waals surface area contributed by atoms with Gasteiger partial charge in [0.15, 0.2) is 0 Å². The Hall–Kier alpha value is -2.15. The Morgan fingerprint density at radius 3 is 2.71 bits per heavy atom. The van der Waals surface area contributed by atoms with Crippen LogP contribution in [-0.2, 0) is 10.0 Å². The zero-order valence-electron chi connectivity index (χ0n) is 13.7. The van der Waals surface area contributed by atoms with E-state index < -0.39 is 15.9 Å². The highest BCUT2D eigenvalue weighted by Gasteiger charge is 2.27. The third kappa shape index (κ3) is 3.51. The number of fused-ring (bicyclic) bond motifs is 1. The molecule has 1 aliphatic carbocycles. The van der Waals surface area contributed by atoms with Crippen LogP contribution in [0.15, 0.2) is 24.3 Å². The number of carbonyl (C=O) groups is 1. The highest BCUT2D eigenvalue weighted by atomic mass is 32.2. The van der Waals surface area contributed by atoms with E-state index in [1.54, 1.807) is 38.3 Å². The van der Waals surface area contributed by atoms with Gasteiger partial charge in [0.05, 0.1) is 23.9 Å². The minimum absolute atomic E-state index is 0.0828. The summed E-state index contributed by atoms with van der Waals surface area (Å²) in [4.78, 5) is 17.2. The molecule has 1 aliphatic rings. The Labute approximate surface area is 141 Å². The lowest BCUT2D eigenvalue weighted by atomic mass is 10.1. The van der Waals surface area contributed by atoms with Crippen LogP contribution in [0.4, 0.5) is 0 Å². The van der Waals surface area contributed by atoms with Crippen molar-refractivity contribution >= 4 is 26.8 Å². The van der Waals surface area contributed by atoms with E-state index in [0.717, 1.165) is 18.5 Å². The quantitative estimate of drug-likeness (QED) is 0.867. The van der Waals surface area contributed by atoms with Crippen LogP contribution in [0.3, 0.4) is 0 Å². The number of rotatable bonds is 6. The van der Waals surface area contributed by atoms with Crippen LogP contribution in [0.25, 0.3) is 10.9 Å². The molecule has 128 valence electrons. The molecule has 0 aliphatic heterocycles. The zero-order chi connectivity index (χ0) is 17.3. The Bertz CT molecular complexity index is 889. The van der Waals surface area contributed by atoms with Gasteiger partial charge >= 0.3 is 0 Å². The van der Waals surface area contributed by atoms with E-state index in [9.17, 15) is 13.2 Å². The molecule has 24 heavy (non-hydrogen) atoms. The molecule has 1 fully saturated rings. The number of methoxy groups -OCH3 is 1. The summed E-state index contributed by atoms with van der Waals surface area (Å²) in [7, 11) is -2.09. The van der Waals surface area contributed by atoms with Crippen molar-refractivity contribution < 1.29 is 17.9 Å². The minimum atomic E-state index is -3.63. The van der Waals surface area contributed by atoms with Gasteiger partial charge in [0, 0.05) is 17.0 Å². The number of ether oxygens (including phenoxy) is 1. The predicted molar refractivity (Wildman–Crippen MR) is 91.8 cm³/mol. The van der Waals surface area contributed by atoms with E-state index in [1.807, 2.05) is 0 Å². The van der Waals surface area contributed by atoms with Gasteiger partial charge in [0.2, 0.25) is 10.0 Å². The van der Waals surface area contributed by atoms with Crippen molar-refractivity contribution in [3.05, 3.63) is 35.5 Å².